The molecule has 4 nitrogen and oxygen atoms in total. The van der Waals surface area contributed by atoms with E-state index in [-0.39, 0.29) is 11.8 Å². The Balaban J connectivity index is 2.42. The number of halogens is 1. The van der Waals surface area contributed by atoms with Crippen molar-refractivity contribution in [2.45, 2.75) is 19.9 Å². The molecular weight excluding hydrogens is 262 g/mol. The number of rotatable bonds is 4. The van der Waals surface area contributed by atoms with Gasteiger partial charge in [-0.1, -0.05) is 25.4 Å². The molecule has 1 amide bonds. The van der Waals surface area contributed by atoms with Gasteiger partial charge >= 0.3 is 0 Å². The van der Waals surface area contributed by atoms with Crippen LogP contribution in [-0.4, -0.2) is 16.9 Å². The van der Waals surface area contributed by atoms with Crippen LogP contribution in [0.25, 0.3) is 10.9 Å². The molecule has 0 saturated heterocycles. The van der Waals surface area contributed by atoms with Gasteiger partial charge in [-0.25, -0.2) is 0 Å². The first kappa shape index (κ1) is 13.6. The van der Waals surface area contributed by atoms with Crippen molar-refractivity contribution in [2.24, 2.45) is 11.7 Å². The minimum absolute atomic E-state index is 0.105. The number of aromatic nitrogens is 1. The first-order valence-corrected chi connectivity index (χ1v) is 6.47. The lowest BCUT2D eigenvalue weighted by Crippen LogP contribution is -2.39. The first-order chi connectivity index (χ1) is 8.99. The predicted octanol–water partition coefficient (Wildman–Crippen LogP) is 2.81. The van der Waals surface area contributed by atoms with Crippen LogP contribution in [0.5, 0.6) is 0 Å². The van der Waals surface area contributed by atoms with Crippen molar-refractivity contribution >= 4 is 34.1 Å². The minimum Gasteiger partial charge on any atom is -0.373 e. The third-order valence-electron chi connectivity index (χ3n) is 2.99. The van der Waals surface area contributed by atoms with E-state index in [1.165, 1.54) is 0 Å². The highest BCUT2D eigenvalue weighted by Gasteiger charge is 2.19. The Morgan fingerprint density at radius 3 is 2.74 bits per heavy atom. The topological polar surface area (TPSA) is 68.0 Å². The summed E-state index contributed by atoms with van der Waals surface area (Å²) in [5.74, 6) is -0.262. The fourth-order valence-electron chi connectivity index (χ4n) is 1.98. The highest BCUT2D eigenvalue weighted by atomic mass is 35.5. The summed E-state index contributed by atoms with van der Waals surface area (Å²) >= 11 is 5.94. The van der Waals surface area contributed by atoms with Crippen molar-refractivity contribution in [3.63, 3.8) is 0 Å². The molecule has 100 valence electrons. The number of fused-ring (bicyclic) bond motifs is 1. The number of anilines is 1. The van der Waals surface area contributed by atoms with Crippen molar-refractivity contribution in [2.75, 3.05) is 5.32 Å². The van der Waals surface area contributed by atoms with Crippen LogP contribution < -0.4 is 11.1 Å². The van der Waals surface area contributed by atoms with Gasteiger partial charge in [0.15, 0.2) is 0 Å². The highest BCUT2D eigenvalue weighted by molar-refractivity contribution is 6.31. The third-order valence-corrected chi connectivity index (χ3v) is 3.22. The number of benzene rings is 1. The van der Waals surface area contributed by atoms with E-state index in [4.69, 9.17) is 17.3 Å². The Morgan fingerprint density at radius 1 is 1.37 bits per heavy atom. The van der Waals surface area contributed by atoms with E-state index >= 15 is 0 Å². The summed E-state index contributed by atoms with van der Waals surface area (Å²) in [5, 5.41) is 4.73. The Kier molecular flexibility index (Phi) is 3.90. The molecule has 3 N–H and O–H groups in total. The average Bonchev–Trinajstić information content (AvgIpc) is 2.34. The molecule has 0 spiro atoms. The Labute approximate surface area is 117 Å². The normalized spacial score (nSPS) is 12.6. The lowest BCUT2D eigenvalue weighted by Gasteiger charge is -2.21. The number of amides is 1. The summed E-state index contributed by atoms with van der Waals surface area (Å²) < 4.78 is 0. The van der Waals surface area contributed by atoms with Crippen LogP contribution in [0.15, 0.2) is 30.5 Å². The molecule has 5 heteroatoms. The predicted molar refractivity (Wildman–Crippen MR) is 78.2 cm³/mol. The second-order valence-corrected chi connectivity index (χ2v) is 5.22. The third kappa shape index (κ3) is 2.96. The number of carbonyl (C=O) groups excluding carboxylic acids is 1. The number of nitrogens with two attached hydrogens (primary N) is 1. The Morgan fingerprint density at radius 2 is 2.11 bits per heavy atom. The summed E-state index contributed by atoms with van der Waals surface area (Å²) in [6.07, 6.45) is 1.68. The van der Waals surface area contributed by atoms with Crippen molar-refractivity contribution in [3.8, 4) is 0 Å². The number of hydrogen-bond acceptors (Lipinski definition) is 3. The van der Waals surface area contributed by atoms with Gasteiger partial charge in [0.2, 0.25) is 5.91 Å². The lowest BCUT2D eigenvalue weighted by molar-refractivity contribution is -0.119. The molecule has 0 saturated carbocycles. The maximum atomic E-state index is 11.5. The van der Waals surface area contributed by atoms with Crippen LogP contribution in [0.1, 0.15) is 13.8 Å². The van der Waals surface area contributed by atoms with Gasteiger partial charge in [0, 0.05) is 22.3 Å². The monoisotopic (exact) mass is 277 g/mol. The molecule has 0 aliphatic carbocycles. The molecule has 1 atom stereocenters. The largest absolute Gasteiger partial charge is 0.373 e. The molecule has 0 fully saturated rings. The van der Waals surface area contributed by atoms with Crippen molar-refractivity contribution in [3.05, 3.63) is 35.5 Å². The smallest absolute Gasteiger partial charge is 0.240 e. The van der Waals surface area contributed by atoms with E-state index in [0.717, 1.165) is 16.6 Å². The average molecular weight is 278 g/mol. The van der Waals surface area contributed by atoms with Gasteiger partial charge in [-0.2, -0.15) is 0 Å². The molecule has 1 unspecified atom stereocenters. The van der Waals surface area contributed by atoms with E-state index in [0.29, 0.717) is 5.02 Å². The second kappa shape index (κ2) is 5.45. The molecule has 2 aromatic rings. The van der Waals surface area contributed by atoms with Crippen LogP contribution in [0.3, 0.4) is 0 Å². The minimum atomic E-state index is -0.415. The number of pyridine rings is 1. The number of primary amides is 1. The zero-order chi connectivity index (χ0) is 14.0. The molecule has 0 aliphatic rings. The van der Waals surface area contributed by atoms with Crippen LogP contribution in [0.4, 0.5) is 5.69 Å². The van der Waals surface area contributed by atoms with Crippen molar-refractivity contribution in [1.82, 2.24) is 4.98 Å². The molecule has 0 bridgehead atoms. The quantitative estimate of drug-likeness (QED) is 0.903. The number of nitrogens with zero attached hydrogens (tertiary/aromatic N) is 1. The van der Waals surface area contributed by atoms with Gasteiger partial charge in [-0.3, -0.25) is 9.78 Å². The van der Waals surface area contributed by atoms with Gasteiger partial charge in [-0.05, 0) is 30.2 Å². The maximum Gasteiger partial charge on any atom is 0.240 e. The summed E-state index contributed by atoms with van der Waals surface area (Å²) in [5.41, 5.74) is 7.03. The van der Waals surface area contributed by atoms with E-state index in [1.807, 2.05) is 26.0 Å². The van der Waals surface area contributed by atoms with Crippen molar-refractivity contribution < 1.29 is 4.79 Å². The van der Waals surface area contributed by atoms with Gasteiger partial charge in [0.05, 0.1) is 5.52 Å². The van der Waals surface area contributed by atoms with Crippen LogP contribution >= 0.6 is 11.6 Å². The zero-order valence-electron chi connectivity index (χ0n) is 10.9. The molecule has 0 radical (unpaired) electrons. The second-order valence-electron chi connectivity index (χ2n) is 4.79. The van der Waals surface area contributed by atoms with Gasteiger partial charge in [-0.15, -0.1) is 0 Å². The Hall–Kier alpha value is -1.81. The molecule has 1 aromatic carbocycles. The number of hydrogen-bond donors (Lipinski definition) is 2. The van der Waals surface area contributed by atoms with E-state index < -0.39 is 6.04 Å². The number of nitrogens with one attached hydrogen (secondary N) is 1. The number of carbonyl (C=O) groups is 1. The molecule has 0 aliphatic heterocycles. The van der Waals surface area contributed by atoms with E-state index in [1.54, 1.807) is 18.3 Å². The maximum absolute atomic E-state index is 11.5. The lowest BCUT2D eigenvalue weighted by atomic mass is 10.0. The summed E-state index contributed by atoms with van der Waals surface area (Å²) in [4.78, 5) is 15.7. The molecule has 1 heterocycles. The van der Waals surface area contributed by atoms with Crippen molar-refractivity contribution in [1.29, 1.82) is 0 Å². The molecular formula is C14H16ClN3O. The van der Waals surface area contributed by atoms with Crippen LogP contribution in [0.2, 0.25) is 5.02 Å². The standard InChI is InChI=1S/C14H16ClN3O/c1-8(2)13(14(16)19)18-11-5-6-17-12-7-9(15)3-4-10(11)12/h3-8,13H,1-2H3,(H2,16,19)(H,17,18). The molecule has 19 heavy (non-hydrogen) atoms. The first-order valence-electron chi connectivity index (χ1n) is 6.09. The zero-order valence-corrected chi connectivity index (χ0v) is 11.6. The van der Waals surface area contributed by atoms with Gasteiger partial charge in [0.25, 0.3) is 0 Å². The van der Waals surface area contributed by atoms with Crippen LogP contribution in [0, 0.1) is 5.92 Å². The van der Waals surface area contributed by atoms with Gasteiger partial charge in [0.1, 0.15) is 6.04 Å². The van der Waals surface area contributed by atoms with E-state index in [2.05, 4.69) is 10.3 Å². The molecule has 2 rings (SSSR count). The summed E-state index contributed by atoms with van der Waals surface area (Å²) in [6, 6.07) is 6.88. The fraction of sp³-hybridized carbons (Fsp3) is 0.286. The van der Waals surface area contributed by atoms with Crippen LogP contribution in [-0.2, 0) is 4.79 Å². The molecule has 1 aromatic heterocycles. The Bertz CT molecular complexity index is 613. The summed E-state index contributed by atoms with van der Waals surface area (Å²) in [7, 11) is 0. The van der Waals surface area contributed by atoms with E-state index in [9.17, 15) is 4.79 Å². The summed E-state index contributed by atoms with van der Waals surface area (Å²) in [6.45, 7) is 3.89. The fourth-order valence-corrected chi connectivity index (χ4v) is 2.15. The van der Waals surface area contributed by atoms with Gasteiger partial charge < -0.3 is 11.1 Å². The SMILES string of the molecule is CC(C)C(Nc1ccnc2cc(Cl)ccc12)C(N)=O. The highest BCUT2D eigenvalue weighted by Crippen LogP contribution is 2.25.